The summed E-state index contributed by atoms with van der Waals surface area (Å²) in [6, 6.07) is 5.87. The van der Waals surface area contributed by atoms with Crippen molar-refractivity contribution < 1.29 is 14.6 Å². The maximum atomic E-state index is 12.5. The summed E-state index contributed by atoms with van der Waals surface area (Å²) in [7, 11) is 0. The van der Waals surface area contributed by atoms with E-state index in [0.717, 1.165) is 0 Å². The van der Waals surface area contributed by atoms with Crippen LogP contribution in [-0.2, 0) is 0 Å². The molecule has 19 heavy (non-hydrogen) atoms. The number of aromatic hydroxyl groups is 2. The maximum absolute atomic E-state index is 12.5. The Kier molecular flexibility index (Phi) is 2.29. The zero-order valence-corrected chi connectivity index (χ0v) is 10.5. The smallest absolute Gasteiger partial charge is 0.201 e. The second kappa shape index (κ2) is 3.75. The molecule has 2 N–H and O–H groups in total. The molecule has 2 aromatic carbocycles. The van der Waals surface area contributed by atoms with E-state index in [1.807, 2.05) is 0 Å². The molecule has 0 bridgehead atoms. The summed E-state index contributed by atoms with van der Waals surface area (Å²) in [6.45, 7) is 3.50. The highest BCUT2D eigenvalue weighted by molar-refractivity contribution is 5.94. The molecule has 0 atom stereocenters. The fourth-order valence-corrected chi connectivity index (χ4v) is 2.46. The van der Waals surface area contributed by atoms with E-state index in [1.165, 1.54) is 24.3 Å². The van der Waals surface area contributed by atoms with Crippen LogP contribution in [0.4, 0.5) is 0 Å². The maximum Gasteiger partial charge on any atom is 0.201 e. The first-order chi connectivity index (χ1) is 8.97. The number of rotatable bonds is 0. The minimum Gasteiger partial charge on any atom is -0.508 e. The van der Waals surface area contributed by atoms with Gasteiger partial charge in [-0.3, -0.25) is 4.79 Å². The molecule has 0 aliphatic carbocycles. The van der Waals surface area contributed by atoms with Crippen LogP contribution < -0.4 is 5.43 Å². The molecular weight excluding hydrogens is 244 g/mol. The topological polar surface area (TPSA) is 70.7 Å². The number of fused-ring (bicyclic) bond motifs is 2. The Morgan fingerprint density at radius 3 is 1.68 bits per heavy atom. The monoisotopic (exact) mass is 256 g/mol. The van der Waals surface area contributed by atoms with Gasteiger partial charge in [0.1, 0.15) is 22.7 Å². The lowest BCUT2D eigenvalue weighted by Crippen LogP contribution is -2.05. The highest BCUT2D eigenvalue weighted by Gasteiger charge is 2.13. The van der Waals surface area contributed by atoms with E-state index in [9.17, 15) is 15.0 Å². The van der Waals surface area contributed by atoms with Crippen molar-refractivity contribution in [3.63, 3.8) is 0 Å². The minimum atomic E-state index is -0.147. The summed E-state index contributed by atoms with van der Waals surface area (Å²) in [4.78, 5) is 12.5. The molecule has 4 heteroatoms. The molecule has 0 aliphatic rings. The Morgan fingerprint density at radius 1 is 0.842 bits per heavy atom. The molecule has 0 aliphatic heterocycles. The molecule has 1 aromatic heterocycles. The Bertz CT molecular complexity index is 806. The fourth-order valence-electron chi connectivity index (χ4n) is 2.46. The van der Waals surface area contributed by atoms with Crippen molar-refractivity contribution in [2.24, 2.45) is 0 Å². The largest absolute Gasteiger partial charge is 0.508 e. The molecule has 4 nitrogen and oxygen atoms in total. The van der Waals surface area contributed by atoms with E-state index in [0.29, 0.717) is 33.1 Å². The average Bonchev–Trinajstić information content (AvgIpc) is 2.25. The summed E-state index contributed by atoms with van der Waals surface area (Å²) in [6.07, 6.45) is 0. The molecule has 0 unspecified atom stereocenters. The van der Waals surface area contributed by atoms with Gasteiger partial charge in [-0.15, -0.1) is 0 Å². The first kappa shape index (κ1) is 11.6. The summed E-state index contributed by atoms with van der Waals surface area (Å²) in [5.41, 5.74) is 1.82. The number of hydrogen-bond donors (Lipinski definition) is 2. The molecule has 0 radical (unpaired) electrons. The number of phenolic OH excluding ortho intramolecular Hbond substituents is 2. The van der Waals surface area contributed by atoms with Gasteiger partial charge in [0, 0.05) is 12.1 Å². The van der Waals surface area contributed by atoms with Gasteiger partial charge in [-0.05, 0) is 37.1 Å². The normalized spacial score (nSPS) is 11.3. The molecule has 0 fully saturated rings. The number of phenols is 2. The van der Waals surface area contributed by atoms with Crippen LogP contribution >= 0.6 is 0 Å². The van der Waals surface area contributed by atoms with Gasteiger partial charge in [-0.25, -0.2) is 0 Å². The molecule has 0 spiro atoms. The molecule has 0 saturated carbocycles. The highest BCUT2D eigenvalue weighted by Crippen LogP contribution is 2.28. The lowest BCUT2D eigenvalue weighted by atomic mass is 10.0. The quantitative estimate of drug-likeness (QED) is 0.606. The van der Waals surface area contributed by atoms with Crippen molar-refractivity contribution in [3.05, 3.63) is 45.6 Å². The van der Waals surface area contributed by atoms with E-state index < -0.39 is 0 Å². The van der Waals surface area contributed by atoms with Crippen LogP contribution in [0.5, 0.6) is 11.5 Å². The third-order valence-corrected chi connectivity index (χ3v) is 3.24. The second-order valence-electron chi connectivity index (χ2n) is 4.70. The zero-order chi connectivity index (χ0) is 13.7. The molecule has 0 saturated heterocycles. The van der Waals surface area contributed by atoms with Crippen molar-refractivity contribution >= 4 is 21.9 Å². The Hall–Kier alpha value is -2.49. The molecule has 96 valence electrons. The van der Waals surface area contributed by atoms with E-state index in [4.69, 9.17) is 4.42 Å². The predicted molar refractivity (Wildman–Crippen MR) is 72.8 cm³/mol. The van der Waals surface area contributed by atoms with Crippen molar-refractivity contribution in [2.45, 2.75) is 13.8 Å². The lowest BCUT2D eigenvalue weighted by molar-refractivity contribution is 0.473. The third-order valence-electron chi connectivity index (χ3n) is 3.24. The van der Waals surface area contributed by atoms with Crippen molar-refractivity contribution in [1.29, 1.82) is 0 Å². The van der Waals surface area contributed by atoms with E-state index in [-0.39, 0.29) is 16.9 Å². The lowest BCUT2D eigenvalue weighted by Gasteiger charge is -2.07. The third kappa shape index (κ3) is 1.64. The van der Waals surface area contributed by atoms with Crippen LogP contribution in [0.15, 0.2) is 33.5 Å². The summed E-state index contributed by atoms with van der Waals surface area (Å²) < 4.78 is 5.63. The standard InChI is InChI=1S/C15H12O4/c1-7-3-9(16)5-11-13(7)15(18)14-8(2)4-10(17)6-12(14)19-11/h3-6,16-17H,1-2H3. The minimum absolute atomic E-state index is 0.0457. The fraction of sp³-hybridized carbons (Fsp3) is 0.133. The average molecular weight is 256 g/mol. The number of benzene rings is 2. The molecule has 3 aromatic rings. The van der Waals surface area contributed by atoms with Crippen LogP contribution in [0.3, 0.4) is 0 Å². The van der Waals surface area contributed by atoms with E-state index in [1.54, 1.807) is 13.8 Å². The highest BCUT2D eigenvalue weighted by atomic mass is 16.3. The van der Waals surface area contributed by atoms with Gasteiger partial charge in [-0.1, -0.05) is 0 Å². The van der Waals surface area contributed by atoms with E-state index in [2.05, 4.69) is 0 Å². The van der Waals surface area contributed by atoms with Crippen molar-refractivity contribution in [1.82, 2.24) is 0 Å². The van der Waals surface area contributed by atoms with Gasteiger partial charge in [0.05, 0.1) is 10.8 Å². The van der Waals surface area contributed by atoms with Crippen molar-refractivity contribution in [2.75, 3.05) is 0 Å². The molecule has 0 amide bonds. The van der Waals surface area contributed by atoms with Crippen LogP contribution in [-0.4, -0.2) is 10.2 Å². The summed E-state index contributed by atoms with van der Waals surface area (Å²) in [5, 5.41) is 20.1. The molecule has 3 rings (SSSR count). The van der Waals surface area contributed by atoms with Crippen molar-refractivity contribution in [3.8, 4) is 11.5 Å². The van der Waals surface area contributed by atoms with Crippen LogP contribution in [0.25, 0.3) is 21.9 Å². The molecule has 1 heterocycles. The van der Waals surface area contributed by atoms with E-state index >= 15 is 0 Å². The van der Waals surface area contributed by atoms with Gasteiger partial charge >= 0.3 is 0 Å². The van der Waals surface area contributed by atoms with Crippen LogP contribution in [0, 0.1) is 13.8 Å². The summed E-state index contributed by atoms with van der Waals surface area (Å²) in [5.74, 6) is 0.0914. The zero-order valence-electron chi connectivity index (χ0n) is 10.5. The van der Waals surface area contributed by atoms with Gasteiger partial charge in [0.25, 0.3) is 0 Å². The van der Waals surface area contributed by atoms with Crippen LogP contribution in [0.1, 0.15) is 11.1 Å². The van der Waals surface area contributed by atoms with Crippen LogP contribution in [0.2, 0.25) is 0 Å². The number of aryl methyl sites for hydroxylation is 2. The second-order valence-corrected chi connectivity index (χ2v) is 4.70. The number of hydrogen-bond acceptors (Lipinski definition) is 4. The first-order valence-electron chi connectivity index (χ1n) is 5.87. The first-order valence-corrected chi connectivity index (χ1v) is 5.87. The van der Waals surface area contributed by atoms with Gasteiger partial charge < -0.3 is 14.6 Å². The predicted octanol–water partition coefficient (Wildman–Crippen LogP) is 2.97. The Morgan fingerprint density at radius 2 is 1.26 bits per heavy atom. The van der Waals surface area contributed by atoms with Gasteiger partial charge in [0.2, 0.25) is 5.43 Å². The Balaban J connectivity index is 2.64. The molecular formula is C15H12O4. The Labute approximate surface area is 108 Å². The SMILES string of the molecule is Cc1cc(O)cc2oc3cc(O)cc(C)c3c(=O)c12. The van der Waals surface area contributed by atoms with Gasteiger partial charge in [0.15, 0.2) is 0 Å². The van der Waals surface area contributed by atoms with Gasteiger partial charge in [-0.2, -0.15) is 0 Å². The summed E-state index contributed by atoms with van der Waals surface area (Å²) >= 11 is 0.